The highest BCUT2D eigenvalue weighted by Gasteiger charge is 2.65. The van der Waals surface area contributed by atoms with Crippen molar-refractivity contribution in [2.24, 2.45) is 0 Å². The predicted octanol–water partition coefficient (Wildman–Crippen LogP) is 3.95. The van der Waals surface area contributed by atoms with Crippen molar-refractivity contribution < 1.29 is 33.5 Å². The SMILES string of the molecule is COc1ccc2c(c1)C(=O)[C@@](Nc1ccc(C=O)cc1)(OC)[C@@](OC)(c1ccc([N+](=O)[O-])cc1)O2. The number of benzene rings is 3. The standard InChI is InChI=1S/C25H22N2O8/c1-32-20-12-13-22-21(14-20)23(29)24(33-2,26-18-8-4-16(15-28)5-9-18)25(34-3,35-22)17-6-10-19(11-7-17)27(30)31/h4-15,26H,1-3H3/t24-,25-/m1/s1. The molecule has 1 heterocycles. The molecule has 0 saturated carbocycles. The van der Waals surface area contributed by atoms with E-state index in [9.17, 15) is 19.7 Å². The van der Waals surface area contributed by atoms with Crippen LogP contribution in [0.4, 0.5) is 11.4 Å². The molecule has 3 aromatic carbocycles. The summed E-state index contributed by atoms with van der Waals surface area (Å²) in [5.74, 6) is -1.79. The summed E-state index contributed by atoms with van der Waals surface area (Å²) >= 11 is 0. The van der Waals surface area contributed by atoms with Crippen LogP contribution in [-0.2, 0) is 15.3 Å². The lowest BCUT2D eigenvalue weighted by Crippen LogP contribution is -2.68. The molecule has 180 valence electrons. The first-order valence-corrected chi connectivity index (χ1v) is 10.4. The van der Waals surface area contributed by atoms with Gasteiger partial charge in [0.1, 0.15) is 17.8 Å². The number of hydrogen-bond donors (Lipinski definition) is 1. The molecule has 0 unspecified atom stereocenters. The van der Waals surface area contributed by atoms with E-state index in [1.54, 1.807) is 36.4 Å². The number of aldehydes is 1. The maximum atomic E-state index is 14.1. The summed E-state index contributed by atoms with van der Waals surface area (Å²) in [6, 6.07) is 16.5. The highest BCUT2D eigenvalue weighted by molar-refractivity contribution is 6.08. The summed E-state index contributed by atoms with van der Waals surface area (Å²) in [5, 5.41) is 14.3. The average Bonchev–Trinajstić information content (AvgIpc) is 2.90. The largest absolute Gasteiger partial charge is 0.497 e. The van der Waals surface area contributed by atoms with Crippen LogP contribution < -0.4 is 14.8 Å². The Morgan fingerprint density at radius 3 is 2.20 bits per heavy atom. The minimum atomic E-state index is -1.99. The Balaban J connectivity index is 1.95. The van der Waals surface area contributed by atoms with Gasteiger partial charge in [0, 0.05) is 43.2 Å². The van der Waals surface area contributed by atoms with E-state index in [1.807, 2.05) is 0 Å². The summed E-state index contributed by atoms with van der Waals surface area (Å²) in [6.45, 7) is 0. The fraction of sp³-hybridized carbons (Fsp3) is 0.200. The zero-order chi connectivity index (χ0) is 25.2. The molecule has 4 rings (SSSR count). The molecule has 0 amide bonds. The first kappa shape index (κ1) is 23.9. The maximum absolute atomic E-state index is 14.1. The molecule has 1 aliphatic heterocycles. The number of non-ortho nitro benzene ring substituents is 1. The van der Waals surface area contributed by atoms with Crippen LogP contribution in [0.15, 0.2) is 66.7 Å². The molecule has 0 aliphatic carbocycles. The van der Waals surface area contributed by atoms with Crippen molar-refractivity contribution in [3.63, 3.8) is 0 Å². The number of ether oxygens (including phenoxy) is 4. The minimum Gasteiger partial charge on any atom is -0.497 e. The predicted molar refractivity (Wildman–Crippen MR) is 125 cm³/mol. The van der Waals surface area contributed by atoms with E-state index in [2.05, 4.69) is 5.32 Å². The number of hydrogen-bond acceptors (Lipinski definition) is 9. The van der Waals surface area contributed by atoms with Gasteiger partial charge in [0.25, 0.3) is 17.2 Å². The van der Waals surface area contributed by atoms with Crippen molar-refractivity contribution in [1.82, 2.24) is 0 Å². The molecule has 2 atom stereocenters. The maximum Gasteiger partial charge on any atom is 0.293 e. The van der Waals surface area contributed by atoms with Gasteiger partial charge in [-0.05, 0) is 54.6 Å². The number of ketones is 1. The first-order valence-electron chi connectivity index (χ1n) is 10.4. The number of Topliss-reactive ketones (excluding diaryl/α,β-unsaturated/α-hetero) is 1. The van der Waals surface area contributed by atoms with Crippen LogP contribution in [0.1, 0.15) is 26.3 Å². The molecule has 1 N–H and O–H groups in total. The molecule has 10 heteroatoms. The number of nitrogens with one attached hydrogen (secondary N) is 1. The summed E-state index contributed by atoms with van der Waals surface area (Å²) < 4.78 is 23.4. The molecule has 1 aliphatic rings. The number of nitro benzene ring substituents is 1. The molecule has 0 radical (unpaired) electrons. The van der Waals surface area contributed by atoms with E-state index >= 15 is 0 Å². The van der Waals surface area contributed by atoms with Crippen LogP contribution in [0, 0.1) is 10.1 Å². The number of rotatable bonds is 8. The zero-order valence-electron chi connectivity index (χ0n) is 19.1. The lowest BCUT2D eigenvalue weighted by Gasteiger charge is -2.50. The van der Waals surface area contributed by atoms with Gasteiger partial charge < -0.3 is 24.3 Å². The fourth-order valence-electron chi connectivity index (χ4n) is 4.10. The Labute approximate surface area is 200 Å². The second-order valence-electron chi connectivity index (χ2n) is 7.67. The number of carbonyl (C=O) groups is 2. The molecule has 35 heavy (non-hydrogen) atoms. The molecule has 0 bridgehead atoms. The number of nitro groups is 1. The summed E-state index contributed by atoms with van der Waals surface area (Å²) in [6.07, 6.45) is 0.698. The Kier molecular flexibility index (Phi) is 6.25. The first-order chi connectivity index (χ1) is 16.8. The van der Waals surface area contributed by atoms with Crippen molar-refractivity contribution >= 4 is 23.4 Å². The van der Waals surface area contributed by atoms with Crippen LogP contribution in [-0.4, -0.2) is 44.0 Å². The molecule has 0 aromatic heterocycles. The number of nitrogens with zero attached hydrogens (tertiary/aromatic N) is 1. The van der Waals surface area contributed by atoms with Gasteiger partial charge in [-0.15, -0.1) is 0 Å². The number of methoxy groups -OCH3 is 3. The Morgan fingerprint density at radius 2 is 1.66 bits per heavy atom. The van der Waals surface area contributed by atoms with Crippen molar-refractivity contribution in [3.05, 3.63) is 93.5 Å². The molecule has 10 nitrogen and oxygen atoms in total. The van der Waals surface area contributed by atoms with Crippen LogP contribution in [0.3, 0.4) is 0 Å². The van der Waals surface area contributed by atoms with Crippen molar-refractivity contribution in [3.8, 4) is 11.5 Å². The van der Waals surface area contributed by atoms with Crippen molar-refractivity contribution in [2.45, 2.75) is 11.5 Å². The third-order valence-corrected chi connectivity index (χ3v) is 5.89. The van der Waals surface area contributed by atoms with Gasteiger partial charge in [-0.1, -0.05) is 0 Å². The van der Waals surface area contributed by atoms with Crippen LogP contribution >= 0.6 is 0 Å². The lowest BCUT2D eigenvalue weighted by molar-refractivity contribution is -0.384. The van der Waals surface area contributed by atoms with E-state index in [1.165, 1.54) is 51.7 Å². The highest BCUT2D eigenvalue weighted by atomic mass is 16.7. The van der Waals surface area contributed by atoms with Gasteiger partial charge in [0.15, 0.2) is 0 Å². The second-order valence-corrected chi connectivity index (χ2v) is 7.67. The lowest BCUT2D eigenvalue weighted by atomic mass is 9.83. The van der Waals surface area contributed by atoms with E-state index in [0.717, 1.165) is 0 Å². The summed E-state index contributed by atoms with van der Waals surface area (Å²) in [5.41, 5.74) is -0.787. The summed E-state index contributed by atoms with van der Waals surface area (Å²) in [7, 11) is 4.13. The third kappa shape index (κ3) is 3.78. The smallest absolute Gasteiger partial charge is 0.293 e. The molecular weight excluding hydrogens is 456 g/mol. The van der Waals surface area contributed by atoms with Crippen molar-refractivity contribution in [1.29, 1.82) is 0 Å². The molecular formula is C25H22N2O8. The van der Waals surface area contributed by atoms with Gasteiger partial charge in [-0.25, -0.2) is 0 Å². The number of fused-ring (bicyclic) bond motifs is 1. The normalized spacial score (nSPS) is 20.9. The Hall–Kier alpha value is -4.28. The molecule has 0 saturated heterocycles. The fourth-order valence-corrected chi connectivity index (χ4v) is 4.10. The number of carbonyl (C=O) groups excluding carboxylic acids is 2. The second kappa shape index (κ2) is 9.16. The molecule has 3 aromatic rings. The van der Waals surface area contributed by atoms with Crippen LogP contribution in [0.25, 0.3) is 0 Å². The Morgan fingerprint density at radius 1 is 0.971 bits per heavy atom. The molecule has 0 fully saturated rings. The quantitative estimate of drug-likeness (QED) is 0.222. The minimum absolute atomic E-state index is 0.146. The topological polar surface area (TPSA) is 126 Å². The third-order valence-electron chi connectivity index (χ3n) is 5.89. The van der Waals surface area contributed by atoms with E-state index in [4.69, 9.17) is 18.9 Å². The van der Waals surface area contributed by atoms with Gasteiger partial charge >= 0.3 is 0 Å². The highest BCUT2D eigenvalue weighted by Crippen LogP contribution is 2.49. The van der Waals surface area contributed by atoms with Gasteiger partial charge in [-0.3, -0.25) is 19.7 Å². The number of anilines is 1. The van der Waals surface area contributed by atoms with E-state index < -0.39 is 22.2 Å². The Bertz CT molecular complexity index is 1280. The monoisotopic (exact) mass is 478 g/mol. The van der Waals surface area contributed by atoms with Crippen LogP contribution in [0.5, 0.6) is 11.5 Å². The van der Waals surface area contributed by atoms with E-state index in [0.29, 0.717) is 28.8 Å². The van der Waals surface area contributed by atoms with Gasteiger partial charge in [0.2, 0.25) is 5.78 Å². The van der Waals surface area contributed by atoms with Gasteiger partial charge in [-0.2, -0.15) is 0 Å². The van der Waals surface area contributed by atoms with Crippen molar-refractivity contribution in [2.75, 3.05) is 26.6 Å². The zero-order valence-corrected chi connectivity index (χ0v) is 19.1. The molecule has 0 spiro atoms. The summed E-state index contributed by atoms with van der Waals surface area (Å²) in [4.78, 5) is 35.9. The van der Waals surface area contributed by atoms with Gasteiger partial charge in [0.05, 0.1) is 17.6 Å². The van der Waals surface area contributed by atoms with E-state index in [-0.39, 0.29) is 17.0 Å². The average molecular weight is 478 g/mol. The van der Waals surface area contributed by atoms with Crippen LogP contribution in [0.2, 0.25) is 0 Å².